The Labute approximate surface area is 313 Å². The highest BCUT2D eigenvalue weighted by Gasteiger charge is 2.46. The molecule has 1 aromatic heterocycles. The number of benzene rings is 2. The van der Waals surface area contributed by atoms with E-state index in [1.54, 1.807) is 6.20 Å². The minimum atomic E-state index is -4.25. The number of rotatable bonds is 20. The summed E-state index contributed by atoms with van der Waals surface area (Å²) in [5, 5.41) is 56.1. The van der Waals surface area contributed by atoms with Gasteiger partial charge in [-0.1, -0.05) is 29.8 Å². The summed E-state index contributed by atoms with van der Waals surface area (Å²) in [5.74, 6) is -0.164. The van der Waals surface area contributed by atoms with Crippen LogP contribution in [0.1, 0.15) is 49.7 Å². The molecule has 3 aromatic rings. The van der Waals surface area contributed by atoms with Gasteiger partial charge in [-0.05, 0) is 79.5 Å². The second-order valence-corrected chi connectivity index (χ2v) is 15.9. The van der Waals surface area contributed by atoms with Crippen LogP contribution < -0.4 is 20.7 Å². The normalized spacial score (nSPS) is 17.5. The summed E-state index contributed by atoms with van der Waals surface area (Å²) in [5.41, 5.74) is 2.91. The van der Waals surface area contributed by atoms with Crippen molar-refractivity contribution in [2.24, 2.45) is 0 Å². The van der Waals surface area contributed by atoms with Crippen LogP contribution in [0, 0.1) is 5.82 Å². The fraction of sp³-hybridized carbons (Fsp3) is 0.500. The summed E-state index contributed by atoms with van der Waals surface area (Å²) in [7, 11) is -2.92. The Bertz CT molecular complexity index is 1830. The molecule has 2 amide bonds. The van der Waals surface area contributed by atoms with Gasteiger partial charge in [-0.25, -0.2) is 21.9 Å². The fourth-order valence-corrected chi connectivity index (χ4v) is 7.42. The fourth-order valence-electron chi connectivity index (χ4n) is 5.90. The van der Waals surface area contributed by atoms with Crippen molar-refractivity contribution < 1.29 is 47.9 Å². The quantitative estimate of drug-likeness (QED) is 0.0777. The zero-order valence-corrected chi connectivity index (χ0v) is 30.9. The van der Waals surface area contributed by atoms with Crippen LogP contribution in [-0.2, 0) is 22.1 Å². The van der Waals surface area contributed by atoms with Crippen LogP contribution in [0.5, 0.6) is 5.75 Å². The summed E-state index contributed by atoms with van der Waals surface area (Å²) in [6.45, 7) is -0.951. The van der Waals surface area contributed by atoms with Crippen LogP contribution in [0.2, 0.25) is 5.02 Å². The number of para-hydroxylation sites is 1. The summed E-state index contributed by atoms with van der Waals surface area (Å²) in [6, 6.07) is 11.4. The molecule has 2 saturated carbocycles. The molecule has 2 aliphatic rings. The molecule has 0 saturated heterocycles. The van der Waals surface area contributed by atoms with E-state index in [0.717, 1.165) is 58.5 Å². The van der Waals surface area contributed by atoms with Crippen molar-refractivity contribution in [3.05, 3.63) is 76.8 Å². The van der Waals surface area contributed by atoms with Crippen molar-refractivity contribution in [3.63, 3.8) is 0 Å². The van der Waals surface area contributed by atoms with E-state index in [-0.39, 0.29) is 30.8 Å². The number of nitrogens with zero attached hydrogens (tertiary/aromatic N) is 2. The highest BCUT2D eigenvalue weighted by molar-refractivity contribution is 7.89. The predicted octanol–water partition coefficient (Wildman–Crippen LogP) is 2.00. The standard InChI is InChI=1S/C36H47ClFN5O9S/c1-43(15-5-4-13-40-35(49)41-20-29(45)33(47)34(48)30(46)21-44)53(50,51)32-16-22(27(37)17-28(32)38)18-42-36(11-12-36)26-19-39-14-10-24(26)25-6-2-3-7-31(25)52-23-8-9-23/h2-3,6-7,10,14,16-17,19,23,29-30,33-34,42,44-48H,4-5,8-9,11-13,15,18,20-21H2,1H3,(H2,40,41,49). The molecule has 2 fully saturated rings. The van der Waals surface area contributed by atoms with Gasteiger partial charge in [0, 0.05) is 61.7 Å². The Hall–Kier alpha value is -3.45. The van der Waals surface area contributed by atoms with Crippen LogP contribution in [0.15, 0.2) is 59.8 Å². The number of nitrogens with one attached hydrogen (secondary N) is 3. The third kappa shape index (κ3) is 10.2. The maximum Gasteiger partial charge on any atom is 0.314 e. The molecule has 2 aliphatic carbocycles. The predicted molar refractivity (Wildman–Crippen MR) is 194 cm³/mol. The minimum Gasteiger partial charge on any atom is -0.490 e. The molecule has 290 valence electrons. The largest absolute Gasteiger partial charge is 0.490 e. The third-order valence-electron chi connectivity index (χ3n) is 9.47. The molecule has 0 aliphatic heterocycles. The first-order chi connectivity index (χ1) is 25.3. The van der Waals surface area contributed by atoms with Gasteiger partial charge in [0.05, 0.1) is 18.8 Å². The van der Waals surface area contributed by atoms with E-state index in [0.29, 0.717) is 18.4 Å². The van der Waals surface area contributed by atoms with Crippen molar-refractivity contribution in [2.75, 3.05) is 33.3 Å². The zero-order chi connectivity index (χ0) is 38.3. The lowest BCUT2D eigenvalue weighted by atomic mass is 9.94. The maximum absolute atomic E-state index is 15.2. The molecule has 53 heavy (non-hydrogen) atoms. The number of pyridine rings is 1. The van der Waals surface area contributed by atoms with E-state index in [4.69, 9.17) is 21.4 Å². The van der Waals surface area contributed by atoms with Gasteiger partial charge in [0.25, 0.3) is 0 Å². The van der Waals surface area contributed by atoms with Crippen LogP contribution >= 0.6 is 11.6 Å². The molecule has 4 unspecified atom stereocenters. The van der Waals surface area contributed by atoms with Gasteiger partial charge < -0.3 is 46.2 Å². The van der Waals surface area contributed by atoms with Crippen LogP contribution in [0.3, 0.4) is 0 Å². The Kier molecular flexibility index (Phi) is 13.7. The topological polar surface area (TPSA) is 214 Å². The number of halogens is 2. The number of aromatic nitrogens is 1. The number of urea groups is 1. The molecule has 8 N–H and O–H groups in total. The molecule has 5 rings (SSSR count). The Balaban J connectivity index is 1.15. The highest BCUT2D eigenvalue weighted by atomic mass is 35.5. The van der Waals surface area contributed by atoms with Crippen LogP contribution in [-0.4, -0.2) is 113 Å². The lowest BCUT2D eigenvalue weighted by Gasteiger charge is -2.25. The second kappa shape index (κ2) is 17.8. The summed E-state index contributed by atoms with van der Waals surface area (Å²) < 4.78 is 49.4. The number of unbranched alkanes of at least 4 members (excludes halogenated alkanes) is 1. The first-order valence-corrected chi connectivity index (χ1v) is 19.3. The highest BCUT2D eigenvalue weighted by Crippen LogP contribution is 2.50. The number of aliphatic hydroxyl groups excluding tert-OH is 5. The number of hydrogen-bond donors (Lipinski definition) is 8. The molecule has 0 bridgehead atoms. The van der Waals surface area contributed by atoms with Crippen molar-refractivity contribution >= 4 is 27.7 Å². The van der Waals surface area contributed by atoms with Gasteiger partial charge in [0.2, 0.25) is 10.0 Å². The van der Waals surface area contributed by atoms with Gasteiger partial charge in [-0.2, -0.15) is 0 Å². The van der Waals surface area contributed by atoms with Crippen molar-refractivity contribution in [2.45, 2.75) is 86.0 Å². The molecular formula is C36H47ClFN5O9S. The number of carbonyl (C=O) groups is 1. The molecule has 0 spiro atoms. The van der Waals surface area contributed by atoms with Crippen LogP contribution in [0.25, 0.3) is 11.1 Å². The third-order valence-corrected chi connectivity index (χ3v) is 11.7. The first kappa shape index (κ1) is 40.7. The summed E-state index contributed by atoms with van der Waals surface area (Å²) >= 11 is 6.45. The monoisotopic (exact) mass is 779 g/mol. The molecule has 14 nitrogen and oxygen atoms in total. The Morgan fingerprint density at radius 3 is 2.47 bits per heavy atom. The van der Waals surface area contributed by atoms with E-state index < -0.39 is 69.9 Å². The van der Waals surface area contributed by atoms with Crippen molar-refractivity contribution in [3.8, 4) is 16.9 Å². The summed E-state index contributed by atoms with van der Waals surface area (Å²) in [6.07, 6.45) is 1.23. The van der Waals surface area contributed by atoms with Gasteiger partial charge in [0.15, 0.2) is 0 Å². The van der Waals surface area contributed by atoms with Gasteiger partial charge in [-0.3, -0.25) is 4.98 Å². The zero-order valence-electron chi connectivity index (χ0n) is 29.3. The second-order valence-electron chi connectivity index (χ2n) is 13.5. The first-order valence-electron chi connectivity index (χ1n) is 17.5. The molecule has 0 radical (unpaired) electrons. The van der Waals surface area contributed by atoms with E-state index in [1.165, 1.54) is 13.1 Å². The smallest absolute Gasteiger partial charge is 0.314 e. The number of aliphatic hydroxyl groups is 5. The number of carbonyl (C=O) groups excluding carboxylic acids is 1. The van der Waals surface area contributed by atoms with E-state index >= 15 is 4.39 Å². The average Bonchev–Trinajstić information content (AvgIpc) is 4.10. The molecule has 17 heteroatoms. The lowest BCUT2D eigenvalue weighted by molar-refractivity contribution is -0.113. The van der Waals surface area contributed by atoms with Crippen molar-refractivity contribution in [1.29, 1.82) is 0 Å². The molecule has 4 atom stereocenters. The maximum atomic E-state index is 15.2. The number of hydrogen-bond acceptors (Lipinski definition) is 11. The average molecular weight is 780 g/mol. The van der Waals surface area contributed by atoms with E-state index in [1.807, 2.05) is 36.5 Å². The number of sulfonamides is 1. The van der Waals surface area contributed by atoms with E-state index in [2.05, 4.69) is 20.9 Å². The Morgan fingerprint density at radius 1 is 1.06 bits per heavy atom. The Morgan fingerprint density at radius 2 is 1.77 bits per heavy atom. The van der Waals surface area contributed by atoms with Crippen LogP contribution in [0.4, 0.5) is 9.18 Å². The van der Waals surface area contributed by atoms with E-state index in [9.17, 15) is 33.6 Å². The summed E-state index contributed by atoms with van der Waals surface area (Å²) in [4.78, 5) is 16.0. The SMILES string of the molecule is CN(CCCCNC(=O)NCC(O)C(O)C(O)C(O)CO)S(=O)(=O)c1cc(CNC2(c3cnccc3-c3ccccc3OC3CC3)CC2)c(Cl)cc1F. The molecule has 1 heterocycles. The van der Waals surface area contributed by atoms with Crippen molar-refractivity contribution in [1.82, 2.24) is 25.2 Å². The van der Waals surface area contributed by atoms with Gasteiger partial charge in [0.1, 0.15) is 34.8 Å². The lowest BCUT2D eigenvalue weighted by Crippen LogP contribution is -2.50. The number of ether oxygens (including phenoxy) is 1. The number of amides is 2. The molecule has 2 aromatic carbocycles. The van der Waals surface area contributed by atoms with Gasteiger partial charge >= 0.3 is 6.03 Å². The van der Waals surface area contributed by atoms with Gasteiger partial charge in [-0.15, -0.1) is 0 Å². The molecular weight excluding hydrogens is 733 g/mol. The minimum absolute atomic E-state index is 0.0239.